The first kappa shape index (κ1) is 24.1. The van der Waals surface area contributed by atoms with Crippen molar-refractivity contribution < 1.29 is 22.7 Å². The molecular formula is C27H24F3N3O2. The van der Waals surface area contributed by atoms with Gasteiger partial charge in [-0.05, 0) is 73.0 Å². The third-order valence-corrected chi connectivity index (χ3v) is 5.58. The molecule has 1 aromatic heterocycles. The van der Waals surface area contributed by atoms with Crippen molar-refractivity contribution in [1.29, 1.82) is 0 Å². The number of aromatic nitrogens is 1. The van der Waals surface area contributed by atoms with Gasteiger partial charge in [-0.1, -0.05) is 12.1 Å². The average molecular weight is 480 g/mol. The number of amides is 1. The zero-order valence-electron chi connectivity index (χ0n) is 19.4. The number of nitrogens with one attached hydrogen (secondary N) is 1. The Labute approximate surface area is 201 Å². The van der Waals surface area contributed by atoms with Gasteiger partial charge in [0.1, 0.15) is 11.5 Å². The van der Waals surface area contributed by atoms with Crippen LogP contribution in [0.3, 0.4) is 0 Å². The molecule has 180 valence electrons. The second kappa shape index (κ2) is 9.66. The first-order chi connectivity index (χ1) is 16.6. The van der Waals surface area contributed by atoms with Crippen molar-refractivity contribution in [3.63, 3.8) is 0 Å². The molecule has 0 saturated carbocycles. The maximum Gasteiger partial charge on any atom is 0.416 e. The summed E-state index contributed by atoms with van der Waals surface area (Å²) in [5.74, 6) is 0.520. The van der Waals surface area contributed by atoms with Gasteiger partial charge in [0.05, 0.1) is 17.3 Å². The van der Waals surface area contributed by atoms with Gasteiger partial charge in [-0.2, -0.15) is 13.2 Å². The molecule has 0 radical (unpaired) electrons. The molecule has 0 aliphatic rings. The number of pyridine rings is 1. The molecule has 0 saturated heterocycles. The normalized spacial score (nSPS) is 12.3. The first-order valence-electron chi connectivity index (χ1n) is 10.9. The van der Waals surface area contributed by atoms with Gasteiger partial charge in [-0.15, -0.1) is 0 Å². The van der Waals surface area contributed by atoms with E-state index in [-0.39, 0.29) is 17.7 Å². The Balaban J connectivity index is 1.52. The quantitative estimate of drug-likeness (QED) is 0.338. The highest BCUT2D eigenvalue weighted by Crippen LogP contribution is 2.34. The smallest absolute Gasteiger partial charge is 0.416 e. The van der Waals surface area contributed by atoms with E-state index < -0.39 is 11.7 Å². The Morgan fingerprint density at radius 2 is 1.74 bits per heavy atom. The molecule has 0 spiro atoms. The summed E-state index contributed by atoms with van der Waals surface area (Å²) in [6.45, 7) is 1.87. The molecular weight excluding hydrogens is 455 g/mol. The van der Waals surface area contributed by atoms with Crippen molar-refractivity contribution in [2.24, 2.45) is 0 Å². The lowest BCUT2D eigenvalue weighted by Gasteiger charge is -2.17. The zero-order valence-corrected chi connectivity index (χ0v) is 19.4. The fourth-order valence-corrected chi connectivity index (χ4v) is 3.63. The zero-order chi connectivity index (χ0) is 25.2. The third-order valence-electron chi connectivity index (χ3n) is 5.58. The van der Waals surface area contributed by atoms with E-state index in [4.69, 9.17) is 4.74 Å². The fraction of sp³-hybridized carbons (Fsp3) is 0.185. The lowest BCUT2D eigenvalue weighted by atomic mass is 10.1. The molecule has 1 N–H and O–H groups in total. The molecule has 1 heterocycles. The molecule has 0 aliphatic carbocycles. The number of anilines is 1. The molecule has 0 fully saturated rings. The van der Waals surface area contributed by atoms with Crippen LogP contribution in [0.5, 0.6) is 11.5 Å². The monoisotopic (exact) mass is 479 g/mol. The molecule has 4 aromatic rings. The van der Waals surface area contributed by atoms with Crippen LogP contribution in [0.25, 0.3) is 10.8 Å². The van der Waals surface area contributed by atoms with Gasteiger partial charge in [0, 0.05) is 36.9 Å². The molecule has 0 unspecified atom stereocenters. The van der Waals surface area contributed by atoms with Crippen LogP contribution in [0.2, 0.25) is 0 Å². The largest absolute Gasteiger partial charge is 0.457 e. The minimum atomic E-state index is -4.41. The van der Waals surface area contributed by atoms with Crippen LogP contribution in [0.15, 0.2) is 79.0 Å². The summed E-state index contributed by atoms with van der Waals surface area (Å²) in [7, 11) is 3.87. The molecule has 35 heavy (non-hydrogen) atoms. The van der Waals surface area contributed by atoms with Crippen LogP contribution in [0, 0.1) is 0 Å². The molecule has 0 aliphatic heterocycles. The predicted molar refractivity (Wildman–Crippen MR) is 130 cm³/mol. The molecule has 0 bridgehead atoms. The van der Waals surface area contributed by atoms with Gasteiger partial charge in [0.2, 0.25) is 0 Å². The van der Waals surface area contributed by atoms with Crippen molar-refractivity contribution in [2.75, 3.05) is 19.0 Å². The molecule has 5 nitrogen and oxygen atoms in total. The fourth-order valence-electron chi connectivity index (χ4n) is 3.63. The van der Waals surface area contributed by atoms with Crippen LogP contribution in [0.4, 0.5) is 18.9 Å². The van der Waals surface area contributed by atoms with E-state index in [9.17, 15) is 18.0 Å². The Morgan fingerprint density at radius 3 is 2.43 bits per heavy atom. The van der Waals surface area contributed by atoms with Gasteiger partial charge in [-0.3, -0.25) is 9.78 Å². The Kier molecular flexibility index (Phi) is 6.64. The van der Waals surface area contributed by atoms with E-state index in [1.165, 1.54) is 12.1 Å². The van der Waals surface area contributed by atoms with E-state index in [0.29, 0.717) is 11.3 Å². The summed E-state index contributed by atoms with van der Waals surface area (Å²) in [6.07, 6.45) is -2.70. The second-order valence-corrected chi connectivity index (χ2v) is 8.34. The van der Waals surface area contributed by atoms with Crippen LogP contribution < -0.4 is 15.0 Å². The van der Waals surface area contributed by atoms with Crippen LogP contribution in [-0.4, -0.2) is 25.0 Å². The van der Waals surface area contributed by atoms with Crippen molar-refractivity contribution in [3.8, 4) is 11.5 Å². The summed E-state index contributed by atoms with van der Waals surface area (Å²) in [4.78, 5) is 19.2. The number of ether oxygens (including phenoxy) is 1. The lowest BCUT2D eigenvalue weighted by molar-refractivity contribution is -0.137. The summed E-state index contributed by atoms with van der Waals surface area (Å²) >= 11 is 0. The third kappa shape index (κ3) is 5.54. The van der Waals surface area contributed by atoms with Crippen molar-refractivity contribution >= 4 is 22.4 Å². The number of halogens is 3. The maximum absolute atomic E-state index is 12.9. The number of rotatable bonds is 6. The van der Waals surface area contributed by atoms with Crippen LogP contribution in [-0.2, 0) is 6.18 Å². The van der Waals surface area contributed by atoms with Gasteiger partial charge in [-0.25, -0.2) is 0 Å². The van der Waals surface area contributed by atoms with Crippen molar-refractivity contribution in [1.82, 2.24) is 10.3 Å². The number of nitrogens with zero attached hydrogens (tertiary/aromatic N) is 2. The van der Waals surface area contributed by atoms with E-state index in [1.807, 2.05) is 44.1 Å². The SMILES string of the molecule is C[C@H](NC(=O)c1ccc2c(Oc3ccc(C(F)(F)F)cc3)cccc2c1)c1cc(N(C)C)ccn1. The molecule has 3 aromatic carbocycles. The second-order valence-electron chi connectivity index (χ2n) is 8.34. The van der Waals surface area contributed by atoms with Crippen molar-refractivity contribution in [2.45, 2.75) is 19.1 Å². The number of hydrogen-bond acceptors (Lipinski definition) is 4. The molecule has 1 amide bonds. The van der Waals surface area contributed by atoms with Gasteiger partial charge < -0.3 is 15.0 Å². The summed E-state index contributed by atoms with van der Waals surface area (Å²) in [5.41, 5.74) is 1.47. The highest BCUT2D eigenvalue weighted by atomic mass is 19.4. The van der Waals surface area contributed by atoms with E-state index in [2.05, 4.69) is 10.3 Å². The minimum absolute atomic E-state index is 0.245. The van der Waals surface area contributed by atoms with Crippen LogP contribution >= 0.6 is 0 Å². The Bertz CT molecular complexity index is 1350. The number of alkyl halides is 3. The standard InChI is InChI=1S/C27H24F3N3O2/c1-17(24-16-21(33(2)3)13-14-31-24)32-26(34)19-7-12-23-18(15-19)5-4-6-25(23)35-22-10-8-20(9-11-22)27(28,29)30/h4-17H,1-3H3,(H,32,34)/t17-/m0/s1. The summed E-state index contributed by atoms with van der Waals surface area (Å²) in [6, 6.07) is 18.6. The number of carbonyl (C=O) groups excluding carboxylic acids is 1. The number of fused-ring (bicyclic) bond motifs is 1. The number of hydrogen-bond donors (Lipinski definition) is 1. The minimum Gasteiger partial charge on any atom is -0.457 e. The molecule has 8 heteroatoms. The van der Waals surface area contributed by atoms with Gasteiger partial charge in [0.25, 0.3) is 5.91 Å². The molecule has 1 atom stereocenters. The van der Waals surface area contributed by atoms with Crippen LogP contribution in [0.1, 0.15) is 34.6 Å². The van der Waals surface area contributed by atoms with Gasteiger partial charge >= 0.3 is 6.18 Å². The summed E-state index contributed by atoms with van der Waals surface area (Å²) < 4.78 is 44.2. The van der Waals surface area contributed by atoms with E-state index in [0.717, 1.165) is 34.3 Å². The molecule has 4 rings (SSSR count). The lowest BCUT2D eigenvalue weighted by Crippen LogP contribution is -2.27. The Hall–Kier alpha value is -4.07. The van der Waals surface area contributed by atoms with E-state index in [1.54, 1.807) is 36.5 Å². The first-order valence-corrected chi connectivity index (χ1v) is 10.9. The Morgan fingerprint density at radius 1 is 1.00 bits per heavy atom. The maximum atomic E-state index is 12.9. The topological polar surface area (TPSA) is 54.5 Å². The average Bonchev–Trinajstić information content (AvgIpc) is 2.83. The highest BCUT2D eigenvalue weighted by molar-refractivity contribution is 6.00. The van der Waals surface area contributed by atoms with Crippen molar-refractivity contribution in [3.05, 3.63) is 95.8 Å². The predicted octanol–water partition coefficient (Wildman–Crippen LogP) is 6.60. The van der Waals surface area contributed by atoms with Gasteiger partial charge in [0.15, 0.2) is 0 Å². The summed E-state index contributed by atoms with van der Waals surface area (Å²) in [5, 5.41) is 4.47. The number of benzene rings is 3. The highest BCUT2D eigenvalue weighted by Gasteiger charge is 2.30. The van der Waals surface area contributed by atoms with E-state index >= 15 is 0 Å². The number of carbonyl (C=O) groups is 1.